The fourth-order valence-electron chi connectivity index (χ4n) is 1.88. The summed E-state index contributed by atoms with van der Waals surface area (Å²) in [6.07, 6.45) is 2.02. The van der Waals surface area contributed by atoms with Gasteiger partial charge in [0.15, 0.2) is 0 Å². The number of hydrogen-bond acceptors (Lipinski definition) is 4. The Morgan fingerprint density at radius 2 is 2.21 bits per heavy atom. The van der Waals surface area contributed by atoms with E-state index in [0.717, 1.165) is 22.6 Å². The molecule has 0 unspecified atom stereocenters. The number of thioether (sulfide) groups is 1. The highest BCUT2D eigenvalue weighted by atomic mass is 32.2. The van der Waals surface area contributed by atoms with Crippen LogP contribution in [0.1, 0.15) is 5.82 Å². The van der Waals surface area contributed by atoms with E-state index < -0.39 is 0 Å². The second kappa shape index (κ2) is 6.08. The molecule has 0 spiro atoms. The van der Waals surface area contributed by atoms with Gasteiger partial charge in [-0.15, -0.1) is 0 Å². The van der Waals surface area contributed by atoms with E-state index in [-0.39, 0.29) is 12.5 Å². The smallest absolute Gasteiger partial charge is 0.265 e. The van der Waals surface area contributed by atoms with E-state index in [1.165, 1.54) is 12.2 Å². The lowest BCUT2D eigenvalue weighted by atomic mass is 10.3. The summed E-state index contributed by atoms with van der Waals surface area (Å²) < 4.78 is 1.95. The summed E-state index contributed by atoms with van der Waals surface area (Å²) in [5.74, 6) is 1.58. The summed E-state index contributed by atoms with van der Waals surface area (Å²) in [6.45, 7) is 0.237. The highest BCUT2D eigenvalue weighted by Gasteiger charge is 2.15. The summed E-state index contributed by atoms with van der Waals surface area (Å²) in [5.41, 5.74) is 1.89. The number of carbonyl (C=O) groups excluding carboxylic acids is 1. The summed E-state index contributed by atoms with van der Waals surface area (Å²) in [4.78, 5) is 21.5. The summed E-state index contributed by atoms with van der Waals surface area (Å²) >= 11 is 1.69. The van der Waals surface area contributed by atoms with Crippen molar-refractivity contribution >= 4 is 28.7 Å². The Balaban J connectivity index is 2.38. The zero-order valence-electron chi connectivity index (χ0n) is 11.3. The first-order chi connectivity index (χ1) is 9.17. The number of para-hydroxylation sites is 2. The Labute approximate surface area is 116 Å². The van der Waals surface area contributed by atoms with Crippen LogP contribution < -0.4 is 0 Å². The third kappa shape index (κ3) is 2.90. The molecule has 2 rings (SSSR count). The van der Waals surface area contributed by atoms with E-state index in [4.69, 9.17) is 4.84 Å². The molecule has 0 fully saturated rings. The van der Waals surface area contributed by atoms with Crippen molar-refractivity contribution in [3.05, 3.63) is 30.1 Å². The van der Waals surface area contributed by atoms with Crippen LogP contribution in [-0.4, -0.2) is 40.9 Å². The first-order valence-corrected chi connectivity index (χ1v) is 7.30. The number of benzene rings is 1. The standard InChI is InChI=1S/C13H17N3O2S/c1-15(18-2)13(17)8-16-11-7-5-4-6-10(11)14-12(16)9-19-3/h4-7H,8-9H2,1-3H3. The van der Waals surface area contributed by atoms with Gasteiger partial charge in [0, 0.05) is 7.05 Å². The maximum Gasteiger partial charge on any atom is 0.265 e. The summed E-state index contributed by atoms with van der Waals surface area (Å²) in [6, 6.07) is 7.84. The van der Waals surface area contributed by atoms with E-state index >= 15 is 0 Å². The van der Waals surface area contributed by atoms with Crippen LogP contribution in [0.25, 0.3) is 11.0 Å². The molecule has 1 aromatic carbocycles. The van der Waals surface area contributed by atoms with Crippen LogP contribution in [0.2, 0.25) is 0 Å². The third-order valence-electron chi connectivity index (χ3n) is 2.93. The molecule has 0 saturated heterocycles. The van der Waals surface area contributed by atoms with Crippen LogP contribution in [0.3, 0.4) is 0 Å². The second-order valence-electron chi connectivity index (χ2n) is 4.11. The van der Waals surface area contributed by atoms with Gasteiger partial charge in [0.05, 0.1) is 23.9 Å². The summed E-state index contributed by atoms with van der Waals surface area (Å²) in [7, 11) is 3.09. The van der Waals surface area contributed by atoms with Crippen molar-refractivity contribution in [1.82, 2.24) is 14.6 Å². The van der Waals surface area contributed by atoms with Crippen LogP contribution in [0.15, 0.2) is 24.3 Å². The average Bonchev–Trinajstić information content (AvgIpc) is 2.76. The molecule has 102 valence electrons. The lowest BCUT2D eigenvalue weighted by molar-refractivity contribution is -0.169. The second-order valence-corrected chi connectivity index (χ2v) is 4.98. The highest BCUT2D eigenvalue weighted by Crippen LogP contribution is 2.19. The molecule has 0 radical (unpaired) electrons. The van der Waals surface area contributed by atoms with E-state index in [0.29, 0.717) is 0 Å². The fraction of sp³-hybridized carbons (Fsp3) is 0.385. The predicted octanol–water partition coefficient (Wildman–Crippen LogP) is 1.92. The van der Waals surface area contributed by atoms with Crippen LogP contribution in [0.4, 0.5) is 0 Å². The maximum absolute atomic E-state index is 12.0. The minimum absolute atomic E-state index is 0.104. The van der Waals surface area contributed by atoms with Gasteiger partial charge in [-0.25, -0.2) is 10.0 Å². The fourth-order valence-corrected chi connectivity index (χ4v) is 2.36. The molecular weight excluding hydrogens is 262 g/mol. The van der Waals surface area contributed by atoms with Crippen LogP contribution in [0.5, 0.6) is 0 Å². The van der Waals surface area contributed by atoms with Gasteiger partial charge in [-0.1, -0.05) is 12.1 Å². The Morgan fingerprint density at radius 1 is 1.47 bits per heavy atom. The molecule has 0 aliphatic rings. The largest absolute Gasteiger partial charge is 0.318 e. The molecule has 19 heavy (non-hydrogen) atoms. The molecule has 2 aromatic rings. The van der Waals surface area contributed by atoms with Gasteiger partial charge < -0.3 is 4.57 Å². The van der Waals surface area contributed by atoms with E-state index in [1.807, 2.05) is 35.1 Å². The van der Waals surface area contributed by atoms with Crippen molar-refractivity contribution in [3.8, 4) is 0 Å². The highest BCUT2D eigenvalue weighted by molar-refractivity contribution is 7.97. The van der Waals surface area contributed by atoms with Crippen molar-refractivity contribution < 1.29 is 9.63 Å². The number of nitrogens with zero attached hydrogens (tertiary/aromatic N) is 3. The Bertz CT molecular complexity index is 582. The monoisotopic (exact) mass is 279 g/mol. The topological polar surface area (TPSA) is 47.4 Å². The first-order valence-electron chi connectivity index (χ1n) is 5.91. The SMILES string of the molecule is CON(C)C(=O)Cn1c(CSC)nc2ccccc21. The van der Waals surface area contributed by atoms with Gasteiger partial charge in [0.1, 0.15) is 12.4 Å². The van der Waals surface area contributed by atoms with E-state index in [1.54, 1.807) is 18.8 Å². The van der Waals surface area contributed by atoms with Gasteiger partial charge in [-0.2, -0.15) is 11.8 Å². The lowest BCUT2D eigenvalue weighted by Gasteiger charge is -2.15. The van der Waals surface area contributed by atoms with E-state index in [2.05, 4.69) is 4.98 Å². The van der Waals surface area contributed by atoms with Crippen molar-refractivity contribution in [2.45, 2.75) is 12.3 Å². The number of likely N-dealkylation sites (N-methyl/N-ethyl adjacent to an activating group) is 1. The zero-order chi connectivity index (χ0) is 13.8. The number of carbonyl (C=O) groups is 1. The van der Waals surface area contributed by atoms with Crippen molar-refractivity contribution in [3.63, 3.8) is 0 Å². The normalized spacial score (nSPS) is 10.9. The van der Waals surface area contributed by atoms with E-state index in [9.17, 15) is 4.79 Å². The molecule has 0 N–H and O–H groups in total. The number of imidazole rings is 1. The van der Waals surface area contributed by atoms with Crippen LogP contribution in [0, 0.1) is 0 Å². The molecule has 5 nitrogen and oxygen atoms in total. The van der Waals surface area contributed by atoms with Crippen molar-refractivity contribution in [2.75, 3.05) is 20.4 Å². The lowest BCUT2D eigenvalue weighted by Crippen LogP contribution is -2.29. The predicted molar refractivity (Wildman–Crippen MR) is 76.7 cm³/mol. The maximum atomic E-state index is 12.0. The quantitative estimate of drug-likeness (QED) is 0.785. The van der Waals surface area contributed by atoms with Gasteiger partial charge in [-0.3, -0.25) is 9.63 Å². The van der Waals surface area contributed by atoms with Crippen molar-refractivity contribution in [1.29, 1.82) is 0 Å². The molecule has 0 bridgehead atoms. The average molecular weight is 279 g/mol. The van der Waals surface area contributed by atoms with Gasteiger partial charge in [-0.05, 0) is 18.4 Å². The molecule has 0 saturated carbocycles. The molecule has 0 aliphatic heterocycles. The number of rotatable bonds is 5. The Kier molecular flexibility index (Phi) is 4.44. The molecular formula is C13H17N3O2S. The van der Waals surface area contributed by atoms with Crippen molar-refractivity contribution in [2.24, 2.45) is 0 Å². The number of amides is 1. The molecule has 1 heterocycles. The zero-order valence-corrected chi connectivity index (χ0v) is 12.1. The molecule has 1 aromatic heterocycles. The minimum atomic E-state index is -0.104. The molecule has 1 amide bonds. The molecule has 6 heteroatoms. The van der Waals surface area contributed by atoms with Crippen LogP contribution >= 0.6 is 11.8 Å². The van der Waals surface area contributed by atoms with Gasteiger partial charge in [0.25, 0.3) is 5.91 Å². The Hall–Kier alpha value is -1.53. The number of fused-ring (bicyclic) bond motifs is 1. The van der Waals surface area contributed by atoms with Gasteiger partial charge in [0.2, 0.25) is 0 Å². The summed E-state index contributed by atoms with van der Waals surface area (Å²) in [5, 5.41) is 1.23. The minimum Gasteiger partial charge on any atom is -0.318 e. The number of hydrogen-bond donors (Lipinski definition) is 0. The Morgan fingerprint density at radius 3 is 2.89 bits per heavy atom. The number of aromatic nitrogens is 2. The number of hydroxylamine groups is 2. The molecule has 0 aliphatic carbocycles. The third-order valence-corrected chi connectivity index (χ3v) is 3.47. The molecule has 0 atom stereocenters. The first kappa shape index (κ1) is 13.9. The van der Waals surface area contributed by atoms with Gasteiger partial charge >= 0.3 is 0 Å². The van der Waals surface area contributed by atoms with Crippen LogP contribution in [-0.2, 0) is 21.9 Å².